The quantitative estimate of drug-likeness (QED) is 0.827. The van der Waals surface area contributed by atoms with Crippen LogP contribution in [0.2, 0.25) is 0 Å². The average molecular weight is 331 g/mol. The average Bonchev–Trinajstić information content (AvgIpc) is 3.02. The number of hydrogen-bond acceptors (Lipinski definition) is 4. The van der Waals surface area contributed by atoms with Gasteiger partial charge in [-0.3, -0.25) is 9.59 Å². The number of thiazole rings is 1. The Morgan fingerprint density at radius 3 is 2.43 bits per heavy atom. The molecule has 6 heteroatoms. The molecular formula is C17H21N3O2S. The number of aryl methyl sites for hydroxylation is 1. The highest BCUT2D eigenvalue weighted by atomic mass is 32.1. The summed E-state index contributed by atoms with van der Waals surface area (Å²) in [4.78, 5) is 28.1. The summed E-state index contributed by atoms with van der Waals surface area (Å²) >= 11 is 1.56. The van der Waals surface area contributed by atoms with Crippen LogP contribution in [-0.4, -0.2) is 16.8 Å². The Hall–Kier alpha value is -2.21. The molecule has 0 saturated heterocycles. The standard InChI is InChI=1S/C17H21N3O2S/c1-4-12-5-7-13(8-6-12)19-16(22)15(21)18-9-14-10-23-17(20-14)11(2)3/h5-8,10-11H,4,9H2,1-3H3,(H,18,21)(H,19,22). The van der Waals surface area contributed by atoms with Crippen molar-refractivity contribution in [3.8, 4) is 0 Å². The van der Waals surface area contributed by atoms with E-state index in [2.05, 4.69) is 36.4 Å². The number of carbonyl (C=O) groups excluding carboxylic acids is 2. The molecule has 0 spiro atoms. The molecule has 0 aliphatic rings. The van der Waals surface area contributed by atoms with E-state index in [1.54, 1.807) is 23.5 Å². The molecule has 0 saturated carbocycles. The van der Waals surface area contributed by atoms with Crippen LogP contribution in [0.15, 0.2) is 29.6 Å². The molecule has 122 valence electrons. The van der Waals surface area contributed by atoms with Crippen LogP contribution in [-0.2, 0) is 22.6 Å². The molecule has 2 rings (SSSR count). The van der Waals surface area contributed by atoms with Gasteiger partial charge in [-0.05, 0) is 24.1 Å². The Morgan fingerprint density at radius 1 is 1.17 bits per heavy atom. The number of nitrogens with one attached hydrogen (secondary N) is 2. The molecular weight excluding hydrogens is 310 g/mol. The molecule has 1 heterocycles. The van der Waals surface area contributed by atoms with E-state index in [1.807, 2.05) is 17.5 Å². The summed E-state index contributed by atoms with van der Waals surface area (Å²) in [6, 6.07) is 7.44. The first kappa shape index (κ1) is 17.1. The first-order valence-electron chi connectivity index (χ1n) is 7.62. The molecule has 2 N–H and O–H groups in total. The van der Waals surface area contributed by atoms with Crippen molar-refractivity contribution in [1.82, 2.24) is 10.3 Å². The van der Waals surface area contributed by atoms with E-state index in [0.717, 1.165) is 17.1 Å². The maximum absolute atomic E-state index is 11.9. The lowest BCUT2D eigenvalue weighted by molar-refractivity contribution is -0.136. The van der Waals surface area contributed by atoms with Crippen molar-refractivity contribution in [3.63, 3.8) is 0 Å². The lowest BCUT2D eigenvalue weighted by Crippen LogP contribution is -2.35. The molecule has 0 radical (unpaired) electrons. The molecule has 0 unspecified atom stereocenters. The van der Waals surface area contributed by atoms with Gasteiger partial charge in [0.25, 0.3) is 0 Å². The van der Waals surface area contributed by atoms with E-state index >= 15 is 0 Å². The van der Waals surface area contributed by atoms with E-state index < -0.39 is 11.8 Å². The fourth-order valence-electron chi connectivity index (χ4n) is 1.93. The first-order chi connectivity index (χ1) is 11.0. The zero-order valence-corrected chi connectivity index (χ0v) is 14.4. The first-order valence-corrected chi connectivity index (χ1v) is 8.50. The minimum Gasteiger partial charge on any atom is -0.342 e. The zero-order valence-electron chi connectivity index (χ0n) is 13.6. The van der Waals surface area contributed by atoms with Crippen LogP contribution in [0.3, 0.4) is 0 Å². The maximum atomic E-state index is 11.9. The lowest BCUT2D eigenvalue weighted by atomic mass is 10.1. The molecule has 1 aromatic carbocycles. The van der Waals surface area contributed by atoms with Crippen LogP contribution < -0.4 is 10.6 Å². The third-order valence-corrected chi connectivity index (χ3v) is 4.51. The lowest BCUT2D eigenvalue weighted by Gasteiger charge is -2.06. The fourth-order valence-corrected chi connectivity index (χ4v) is 2.77. The van der Waals surface area contributed by atoms with Gasteiger partial charge in [0.2, 0.25) is 0 Å². The van der Waals surface area contributed by atoms with Crippen LogP contribution in [0, 0.1) is 0 Å². The molecule has 0 aliphatic heterocycles. The summed E-state index contributed by atoms with van der Waals surface area (Å²) in [6.07, 6.45) is 0.931. The Morgan fingerprint density at radius 2 is 1.87 bits per heavy atom. The second kappa shape index (κ2) is 7.87. The number of rotatable bonds is 5. The Bertz CT molecular complexity index is 677. The predicted molar refractivity (Wildman–Crippen MR) is 92.5 cm³/mol. The molecule has 23 heavy (non-hydrogen) atoms. The SMILES string of the molecule is CCc1ccc(NC(=O)C(=O)NCc2csc(C(C)C)n2)cc1. The smallest absolute Gasteiger partial charge is 0.313 e. The van der Waals surface area contributed by atoms with Gasteiger partial charge in [0.1, 0.15) is 0 Å². The topological polar surface area (TPSA) is 71.1 Å². The van der Waals surface area contributed by atoms with Gasteiger partial charge in [-0.25, -0.2) is 4.98 Å². The van der Waals surface area contributed by atoms with E-state index in [0.29, 0.717) is 11.6 Å². The van der Waals surface area contributed by atoms with Crippen LogP contribution in [0.25, 0.3) is 0 Å². The van der Waals surface area contributed by atoms with Gasteiger partial charge in [0, 0.05) is 17.0 Å². The van der Waals surface area contributed by atoms with Crippen LogP contribution in [0.4, 0.5) is 5.69 Å². The van der Waals surface area contributed by atoms with Crippen molar-refractivity contribution in [2.45, 2.75) is 39.7 Å². The van der Waals surface area contributed by atoms with Crippen molar-refractivity contribution in [2.75, 3.05) is 5.32 Å². The number of amides is 2. The number of carbonyl (C=O) groups is 2. The van der Waals surface area contributed by atoms with Crippen LogP contribution in [0.1, 0.15) is 43.0 Å². The van der Waals surface area contributed by atoms with Crippen molar-refractivity contribution in [3.05, 3.63) is 45.9 Å². The highest BCUT2D eigenvalue weighted by Crippen LogP contribution is 2.18. The second-order valence-electron chi connectivity index (χ2n) is 5.52. The summed E-state index contributed by atoms with van der Waals surface area (Å²) in [5.41, 5.74) is 2.56. The van der Waals surface area contributed by atoms with Gasteiger partial charge in [-0.1, -0.05) is 32.9 Å². The van der Waals surface area contributed by atoms with Crippen LogP contribution in [0.5, 0.6) is 0 Å². The number of anilines is 1. The van der Waals surface area contributed by atoms with Crippen molar-refractivity contribution < 1.29 is 9.59 Å². The van der Waals surface area contributed by atoms with Gasteiger partial charge in [-0.15, -0.1) is 11.3 Å². The van der Waals surface area contributed by atoms with Crippen molar-refractivity contribution >= 4 is 28.8 Å². The van der Waals surface area contributed by atoms with Crippen LogP contribution >= 0.6 is 11.3 Å². The van der Waals surface area contributed by atoms with Gasteiger partial charge in [-0.2, -0.15) is 0 Å². The minimum absolute atomic E-state index is 0.254. The minimum atomic E-state index is -0.673. The number of hydrogen-bond donors (Lipinski definition) is 2. The second-order valence-corrected chi connectivity index (χ2v) is 6.41. The highest BCUT2D eigenvalue weighted by molar-refractivity contribution is 7.09. The van der Waals surface area contributed by atoms with Gasteiger partial charge in [0.15, 0.2) is 0 Å². The normalized spacial score (nSPS) is 10.6. The van der Waals surface area contributed by atoms with E-state index in [1.165, 1.54) is 5.56 Å². The van der Waals surface area contributed by atoms with E-state index in [9.17, 15) is 9.59 Å². The molecule has 1 aromatic heterocycles. The summed E-state index contributed by atoms with van der Waals surface area (Å²) in [5.74, 6) is -0.976. The summed E-state index contributed by atoms with van der Waals surface area (Å²) in [5, 5.41) is 8.09. The molecule has 0 aliphatic carbocycles. The Balaban J connectivity index is 1.85. The number of benzene rings is 1. The van der Waals surface area contributed by atoms with Gasteiger partial charge in [0.05, 0.1) is 17.2 Å². The van der Waals surface area contributed by atoms with E-state index in [-0.39, 0.29) is 6.54 Å². The summed E-state index contributed by atoms with van der Waals surface area (Å²) < 4.78 is 0. The Kier molecular flexibility index (Phi) is 5.87. The Labute approximate surface area is 140 Å². The molecule has 0 fully saturated rings. The molecule has 0 atom stereocenters. The summed E-state index contributed by atoms with van der Waals surface area (Å²) in [6.45, 7) is 6.45. The maximum Gasteiger partial charge on any atom is 0.313 e. The van der Waals surface area contributed by atoms with Gasteiger partial charge < -0.3 is 10.6 Å². The van der Waals surface area contributed by atoms with Crippen molar-refractivity contribution in [2.24, 2.45) is 0 Å². The largest absolute Gasteiger partial charge is 0.342 e. The monoisotopic (exact) mass is 331 g/mol. The third kappa shape index (κ3) is 4.89. The third-order valence-electron chi connectivity index (χ3n) is 3.32. The van der Waals surface area contributed by atoms with E-state index in [4.69, 9.17) is 0 Å². The van der Waals surface area contributed by atoms with Crippen molar-refractivity contribution in [1.29, 1.82) is 0 Å². The molecule has 2 aromatic rings. The highest BCUT2D eigenvalue weighted by Gasteiger charge is 2.14. The number of aromatic nitrogens is 1. The molecule has 2 amide bonds. The zero-order chi connectivity index (χ0) is 16.8. The fraction of sp³-hybridized carbons (Fsp3) is 0.353. The predicted octanol–water partition coefficient (Wildman–Crippen LogP) is 3.08. The molecule has 0 bridgehead atoms. The summed E-state index contributed by atoms with van der Waals surface area (Å²) in [7, 11) is 0. The number of nitrogens with zero attached hydrogens (tertiary/aromatic N) is 1. The molecule has 5 nitrogen and oxygen atoms in total. The van der Waals surface area contributed by atoms with Gasteiger partial charge >= 0.3 is 11.8 Å².